The lowest BCUT2D eigenvalue weighted by Gasteiger charge is -2.14. The number of ether oxygens (including phenoxy) is 5. The van der Waals surface area contributed by atoms with Gasteiger partial charge in [0.2, 0.25) is 0 Å². The highest BCUT2D eigenvalue weighted by atomic mass is 16.5. The molecule has 0 aliphatic carbocycles. The van der Waals surface area contributed by atoms with Gasteiger partial charge < -0.3 is 23.7 Å². The number of methoxy groups -OCH3 is 3. The molecule has 38 heavy (non-hydrogen) atoms. The first kappa shape index (κ1) is 33.6. The minimum atomic E-state index is -0.109. The van der Waals surface area contributed by atoms with Crippen molar-refractivity contribution in [2.75, 3.05) is 34.5 Å². The first-order chi connectivity index (χ1) is 18.6. The summed E-state index contributed by atoms with van der Waals surface area (Å²) in [6.07, 6.45) is 19.1. The highest BCUT2D eigenvalue weighted by molar-refractivity contribution is 5.69. The SMILES string of the molecule is COC(=O)CCCCCCCCCCOc1ccc(OC)cc1OCCCCCCCCCCC(=O)OC. The van der Waals surface area contributed by atoms with Crippen LogP contribution in [0.15, 0.2) is 18.2 Å². The Kier molecular flexibility index (Phi) is 20.9. The molecule has 0 fully saturated rings. The van der Waals surface area contributed by atoms with Gasteiger partial charge in [0.15, 0.2) is 11.5 Å². The van der Waals surface area contributed by atoms with Crippen LogP contribution in [-0.4, -0.2) is 46.5 Å². The zero-order valence-corrected chi connectivity index (χ0v) is 24.2. The van der Waals surface area contributed by atoms with Gasteiger partial charge in [0, 0.05) is 18.9 Å². The molecule has 0 spiro atoms. The molecular formula is C31H52O7. The Labute approximate surface area is 230 Å². The minimum Gasteiger partial charge on any atom is -0.497 e. The molecule has 218 valence electrons. The zero-order valence-electron chi connectivity index (χ0n) is 24.2. The molecule has 0 aromatic heterocycles. The van der Waals surface area contributed by atoms with Crippen LogP contribution in [-0.2, 0) is 19.1 Å². The maximum atomic E-state index is 11.1. The van der Waals surface area contributed by atoms with Crippen LogP contribution in [0.4, 0.5) is 0 Å². The Hall–Kier alpha value is -2.44. The Morgan fingerprint density at radius 3 is 1.34 bits per heavy atom. The second kappa shape index (κ2) is 23.7. The predicted molar refractivity (Wildman–Crippen MR) is 151 cm³/mol. The predicted octanol–water partition coefficient (Wildman–Crippen LogP) is 7.82. The van der Waals surface area contributed by atoms with Gasteiger partial charge in [-0.15, -0.1) is 0 Å². The summed E-state index contributed by atoms with van der Waals surface area (Å²) in [4.78, 5) is 22.2. The van der Waals surface area contributed by atoms with E-state index >= 15 is 0 Å². The van der Waals surface area contributed by atoms with Gasteiger partial charge in [-0.05, 0) is 37.8 Å². The van der Waals surface area contributed by atoms with Crippen LogP contribution in [0, 0.1) is 0 Å². The molecule has 0 bridgehead atoms. The molecule has 1 rings (SSSR count). The molecule has 0 aliphatic heterocycles. The Morgan fingerprint density at radius 2 is 0.921 bits per heavy atom. The average molecular weight is 537 g/mol. The molecule has 1 aromatic rings. The minimum absolute atomic E-state index is 0.108. The van der Waals surface area contributed by atoms with Crippen molar-refractivity contribution < 1.29 is 33.3 Å². The van der Waals surface area contributed by atoms with Gasteiger partial charge in [0.05, 0.1) is 34.5 Å². The van der Waals surface area contributed by atoms with Crippen LogP contribution in [0.5, 0.6) is 17.2 Å². The van der Waals surface area contributed by atoms with E-state index in [4.69, 9.17) is 14.2 Å². The fourth-order valence-electron chi connectivity index (χ4n) is 4.28. The summed E-state index contributed by atoms with van der Waals surface area (Å²) >= 11 is 0. The molecule has 0 aliphatic rings. The van der Waals surface area contributed by atoms with Crippen LogP contribution >= 0.6 is 0 Å². The quantitative estimate of drug-likeness (QED) is 0.0930. The van der Waals surface area contributed by atoms with Crippen LogP contribution in [0.25, 0.3) is 0 Å². The van der Waals surface area contributed by atoms with Crippen molar-refractivity contribution >= 4 is 11.9 Å². The second-order valence-corrected chi connectivity index (χ2v) is 9.82. The largest absolute Gasteiger partial charge is 0.497 e. The molecule has 0 saturated heterocycles. The Balaban J connectivity index is 2.11. The first-order valence-corrected chi connectivity index (χ1v) is 14.7. The zero-order chi connectivity index (χ0) is 27.7. The lowest BCUT2D eigenvalue weighted by Crippen LogP contribution is -2.03. The van der Waals surface area contributed by atoms with E-state index < -0.39 is 0 Å². The lowest BCUT2D eigenvalue weighted by molar-refractivity contribution is -0.141. The Morgan fingerprint density at radius 1 is 0.526 bits per heavy atom. The van der Waals surface area contributed by atoms with Crippen molar-refractivity contribution in [1.82, 2.24) is 0 Å². The maximum Gasteiger partial charge on any atom is 0.305 e. The average Bonchev–Trinajstić information content (AvgIpc) is 2.94. The maximum absolute atomic E-state index is 11.1. The fourth-order valence-corrected chi connectivity index (χ4v) is 4.28. The number of hydrogen-bond acceptors (Lipinski definition) is 7. The first-order valence-electron chi connectivity index (χ1n) is 14.7. The summed E-state index contributed by atoms with van der Waals surface area (Å²) in [5.41, 5.74) is 0. The molecule has 0 heterocycles. The van der Waals surface area contributed by atoms with Crippen LogP contribution in [0.1, 0.15) is 116 Å². The third-order valence-corrected chi connectivity index (χ3v) is 6.67. The van der Waals surface area contributed by atoms with E-state index in [2.05, 4.69) is 9.47 Å². The monoisotopic (exact) mass is 536 g/mol. The Bertz CT molecular complexity index is 735. The van der Waals surface area contributed by atoms with E-state index in [1.165, 1.54) is 65.6 Å². The van der Waals surface area contributed by atoms with Crippen molar-refractivity contribution in [3.63, 3.8) is 0 Å². The summed E-state index contributed by atoms with van der Waals surface area (Å²) in [5.74, 6) is 2.09. The van der Waals surface area contributed by atoms with Gasteiger partial charge >= 0.3 is 11.9 Å². The number of hydrogen-bond donors (Lipinski definition) is 0. The van der Waals surface area contributed by atoms with E-state index in [1.807, 2.05) is 18.2 Å². The van der Waals surface area contributed by atoms with E-state index in [0.717, 1.165) is 68.6 Å². The molecule has 0 unspecified atom stereocenters. The van der Waals surface area contributed by atoms with E-state index in [-0.39, 0.29) is 11.9 Å². The van der Waals surface area contributed by atoms with Crippen molar-refractivity contribution in [3.8, 4) is 17.2 Å². The van der Waals surface area contributed by atoms with E-state index in [1.54, 1.807) is 7.11 Å². The van der Waals surface area contributed by atoms with Crippen LogP contribution in [0.3, 0.4) is 0 Å². The smallest absolute Gasteiger partial charge is 0.305 e. The molecule has 0 atom stereocenters. The van der Waals surface area contributed by atoms with Crippen LogP contribution in [0.2, 0.25) is 0 Å². The number of benzene rings is 1. The fraction of sp³-hybridized carbons (Fsp3) is 0.742. The van der Waals surface area contributed by atoms with Gasteiger partial charge in [0.1, 0.15) is 5.75 Å². The molecule has 0 amide bonds. The summed E-state index contributed by atoms with van der Waals surface area (Å²) in [6.45, 7) is 1.35. The molecule has 0 saturated carbocycles. The van der Waals surface area contributed by atoms with Crippen molar-refractivity contribution in [3.05, 3.63) is 18.2 Å². The number of unbranched alkanes of at least 4 members (excludes halogenated alkanes) is 14. The lowest BCUT2D eigenvalue weighted by atomic mass is 10.1. The third-order valence-electron chi connectivity index (χ3n) is 6.67. The van der Waals surface area contributed by atoms with Gasteiger partial charge in [-0.1, -0.05) is 77.0 Å². The normalized spacial score (nSPS) is 10.7. The molecular weight excluding hydrogens is 484 g/mol. The summed E-state index contributed by atoms with van der Waals surface area (Å²) < 4.78 is 26.8. The van der Waals surface area contributed by atoms with E-state index in [0.29, 0.717) is 26.1 Å². The molecule has 7 nitrogen and oxygen atoms in total. The van der Waals surface area contributed by atoms with Crippen molar-refractivity contribution in [2.45, 2.75) is 116 Å². The molecule has 0 N–H and O–H groups in total. The van der Waals surface area contributed by atoms with Gasteiger partial charge in [0.25, 0.3) is 0 Å². The molecule has 1 aromatic carbocycles. The highest BCUT2D eigenvalue weighted by Gasteiger charge is 2.08. The summed E-state index contributed by atoms with van der Waals surface area (Å²) in [5, 5.41) is 0. The molecule has 7 heteroatoms. The topological polar surface area (TPSA) is 80.3 Å². The van der Waals surface area contributed by atoms with Crippen molar-refractivity contribution in [1.29, 1.82) is 0 Å². The van der Waals surface area contributed by atoms with Gasteiger partial charge in [-0.3, -0.25) is 9.59 Å². The number of carbonyl (C=O) groups is 2. The molecule has 0 radical (unpaired) electrons. The number of carbonyl (C=O) groups excluding carboxylic acids is 2. The highest BCUT2D eigenvalue weighted by Crippen LogP contribution is 2.32. The summed E-state index contributed by atoms with van der Waals surface area (Å²) in [7, 11) is 4.55. The standard InChI is InChI=1S/C31H52O7/c1-34-27-22-23-28(37-24-18-14-10-6-4-8-12-16-20-30(32)35-2)29(26-27)38-25-19-15-11-7-5-9-13-17-21-31(33)36-3/h22-23,26H,4-21,24-25H2,1-3H3. The number of esters is 2. The van der Waals surface area contributed by atoms with E-state index in [9.17, 15) is 9.59 Å². The van der Waals surface area contributed by atoms with Crippen LogP contribution < -0.4 is 14.2 Å². The number of rotatable bonds is 25. The summed E-state index contributed by atoms with van der Waals surface area (Å²) in [6, 6.07) is 5.75. The van der Waals surface area contributed by atoms with Gasteiger partial charge in [-0.25, -0.2) is 0 Å². The van der Waals surface area contributed by atoms with Crippen molar-refractivity contribution in [2.24, 2.45) is 0 Å². The second-order valence-electron chi connectivity index (χ2n) is 9.82. The third kappa shape index (κ3) is 17.9. The van der Waals surface area contributed by atoms with Gasteiger partial charge in [-0.2, -0.15) is 0 Å².